The molecule has 0 bridgehead atoms. The van der Waals surface area contributed by atoms with Gasteiger partial charge in [0.2, 0.25) is 0 Å². The second kappa shape index (κ2) is 3.62. The Morgan fingerprint density at radius 2 is 2.40 bits per heavy atom. The number of nitro groups is 1. The van der Waals surface area contributed by atoms with E-state index in [0.29, 0.717) is 5.06 Å². The molecule has 0 radical (unpaired) electrons. The first kappa shape index (κ1) is 8.63. The van der Waals surface area contributed by atoms with Crippen LogP contribution in [0.25, 0.3) is 0 Å². The van der Waals surface area contributed by atoms with Gasteiger partial charge in [0.15, 0.2) is 5.03 Å². The first-order valence-electron chi connectivity index (χ1n) is 2.38. The van der Waals surface area contributed by atoms with Crippen LogP contribution in [0.4, 0.5) is 0 Å². The zero-order valence-electron chi connectivity index (χ0n) is 5.61. The molecule has 58 valence electrons. The van der Waals surface area contributed by atoms with Crippen molar-refractivity contribution in [2.75, 3.05) is 14.1 Å². The first-order chi connectivity index (χ1) is 4.57. The molecule has 0 aromatic heterocycles. The quantitative estimate of drug-likeness (QED) is 0.217. The third kappa shape index (κ3) is 2.82. The normalized spacial score (nSPS) is 10.9. The van der Waals surface area contributed by atoms with E-state index in [-0.39, 0.29) is 5.96 Å². The van der Waals surface area contributed by atoms with Crippen molar-refractivity contribution in [3.63, 3.8) is 0 Å². The van der Waals surface area contributed by atoms with Gasteiger partial charge >= 0.3 is 0 Å². The Labute approximate surface area is 57.0 Å². The summed E-state index contributed by atoms with van der Waals surface area (Å²) in [4.78, 5) is 13.1. The van der Waals surface area contributed by atoms with Gasteiger partial charge in [0.05, 0.1) is 0 Å². The molecule has 0 spiro atoms. The summed E-state index contributed by atoms with van der Waals surface area (Å²) in [6, 6.07) is 0. The highest BCUT2D eigenvalue weighted by Gasteiger charge is 2.06. The van der Waals surface area contributed by atoms with Gasteiger partial charge in [0.1, 0.15) is 0 Å². The molecular formula is C3H8N4O3. The van der Waals surface area contributed by atoms with E-state index in [1.165, 1.54) is 14.1 Å². The fraction of sp³-hybridized carbons (Fsp3) is 0.667. The molecule has 0 unspecified atom stereocenters. The molecule has 0 atom stereocenters. The number of hydrazine groups is 1. The number of aliphatic imine (C=N–C) groups is 1. The molecule has 0 amide bonds. The minimum Gasteiger partial charge on any atom is -0.286 e. The molecule has 0 rings (SSSR count). The second-order valence-electron chi connectivity index (χ2n) is 1.44. The fourth-order valence-electron chi connectivity index (χ4n) is 0.349. The average Bonchev–Trinajstić information content (AvgIpc) is 1.81. The summed E-state index contributed by atoms with van der Waals surface area (Å²) in [5.74, 6) is -0.218. The van der Waals surface area contributed by atoms with Crippen LogP contribution >= 0.6 is 0 Å². The number of hydroxylamine groups is 2. The Morgan fingerprint density at radius 1 is 1.90 bits per heavy atom. The zero-order valence-corrected chi connectivity index (χ0v) is 5.61. The van der Waals surface area contributed by atoms with Crippen LogP contribution in [0.5, 0.6) is 0 Å². The molecule has 7 nitrogen and oxygen atoms in total. The highest BCUT2D eigenvalue weighted by atomic mass is 16.7. The number of nitrogens with one attached hydrogen (secondary N) is 1. The Hall–Kier alpha value is -1.37. The monoisotopic (exact) mass is 148 g/mol. The highest BCUT2D eigenvalue weighted by molar-refractivity contribution is 5.77. The molecule has 0 aromatic rings. The molecule has 0 aliphatic carbocycles. The van der Waals surface area contributed by atoms with Gasteiger partial charge in [0.25, 0.3) is 5.96 Å². The Balaban J connectivity index is 3.99. The van der Waals surface area contributed by atoms with Gasteiger partial charge in [-0.2, -0.15) is 0 Å². The van der Waals surface area contributed by atoms with Gasteiger partial charge in [-0.05, 0) is 0 Å². The second-order valence-corrected chi connectivity index (χ2v) is 1.44. The van der Waals surface area contributed by atoms with Gasteiger partial charge in [-0.15, -0.1) is 0 Å². The third-order valence-corrected chi connectivity index (χ3v) is 0.710. The van der Waals surface area contributed by atoms with Gasteiger partial charge < -0.3 is 0 Å². The van der Waals surface area contributed by atoms with Crippen molar-refractivity contribution in [2.45, 2.75) is 0 Å². The van der Waals surface area contributed by atoms with Crippen molar-refractivity contribution in [1.82, 2.24) is 10.5 Å². The number of rotatable bonds is 1. The van der Waals surface area contributed by atoms with E-state index >= 15 is 0 Å². The molecule has 0 aliphatic rings. The van der Waals surface area contributed by atoms with Crippen molar-refractivity contribution in [2.24, 2.45) is 4.99 Å². The summed E-state index contributed by atoms with van der Waals surface area (Å²) in [7, 11) is 2.54. The minimum absolute atomic E-state index is 0.218. The van der Waals surface area contributed by atoms with Crippen LogP contribution in [-0.2, 0) is 0 Å². The first-order valence-corrected chi connectivity index (χ1v) is 2.38. The van der Waals surface area contributed by atoms with Crippen LogP contribution in [-0.4, -0.2) is 35.4 Å². The Bertz CT molecular complexity index is 154. The van der Waals surface area contributed by atoms with E-state index in [1.807, 2.05) is 0 Å². The Kier molecular flexibility index (Phi) is 3.12. The fourth-order valence-corrected chi connectivity index (χ4v) is 0.349. The number of nitrogens with zero attached hydrogens (tertiary/aromatic N) is 3. The van der Waals surface area contributed by atoms with E-state index in [4.69, 9.17) is 5.21 Å². The summed E-state index contributed by atoms with van der Waals surface area (Å²) >= 11 is 0. The Morgan fingerprint density at radius 3 is 2.50 bits per heavy atom. The number of guanidine groups is 1. The molecule has 0 heterocycles. The van der Waals surface area contributed by atoms with Crippen LogP contribution < -0.4 is 5.43 Å². The lowest BCUT2D eigenvalue weighted by Gasteiger charge is -2.07. The van der Waals surface area contributed by atoms with E-state index in [0.717, 1.165) is 0 Å². The van der Waals surface area contributed by atoms with Crippen LogP contribution in [0.2, 0.25) is 0 Å². The van der Waals surface area contributed by atoms with Crippen LogP contribution in [0, 0.1) is 10.1 Å². The maximum atomic E-state index is 9.75. The zero-order chi connectivity index (χ0) is 8.15. The molecule has 7 heteroatoms. The maximum Gasteiger partial charge on any atom is 0.280 e. The summed E-state index contributed by atoms with van der Waals surface area (Å²) in [6.45, 7) is 0. The van der Waals surface area contributed by atoms with Crippen LogP contribution in [0.15, 0.2) is 4.99 Å². The van der Waals surface area contributed by atoms with Crippen molar-refractivity contribution in [3.05, 3.63) is 10.1 Å². The summed E-state index contributed by atoms with van der Waals surface area (Å²) in [6.07, 6.45) is 0. The lowest BCUT2D eigenvalue weighted by molar-refractivity contribution is -0.527. The maximum absolute atomic E-state index is 9.75. The molecule has 0 fully saturated rings. The lowest BCUT2D eigenvalue weighted by atomic mass is 10.9. The van der Waals surface area contributed by atoms with Gasteiger partial charge in [-0.25, -0.2) is 15.2 Å². The van der Waals surface area contributed by atoms with Crippen molar-refractivity contribution >= 4 is 5.96 Å². The smallest absolute Gasteiger partial charge is 0.280 e. The van der Waals surface area contributed by atoms with E-state index in [1.54, 1.807) is 5.43 Å². The van der Waals surface area contributed by atoms with Crippen molar-refractivity contribution in [3.8, 4) is 0 Å². The molecule has 10 heavy (non-hydrogen) atoms. The largest absolute Gasteiger partial charge is 0.286 e. The van der Waals surface area contributed by atoms with Gasteiger partial charge in [-0.3, -0.25) is 10.2 Å². The van der Waals surface area contributed by atoms with Gasteiger partial charge in [-0.1, -0.05) is 5.43 Å². The van der Waals surface area contributed by atoms with Crippen molar-refractivity contribution < 1.29 is 10.2 Å². The SMILES string of the molecule is CN=C(N[N+](=O)[O-])N(C)O. The van der Waals surface area contributed by atoms with Crippen molar-refractivity contribution in [1.29, 1.82) is 0 Å². The molecule has 0 saturated heterocycles. The number of hydrogen-bond acceptors (Lipinski definition) is 4. The topological polar surface area (TPSA) is 91.0 Å². The molecule has 2 N–H and O–H groups in total. The van der Waals surface area contributed by atoms with Gasteiger partial charge in [0, 0.05) is 14.1 Å². The van der Waals surface area contributed by atoms with E-state index < -0.39 is 5.03 Å². The molecular weight excluding hydrogens is 140 g/mol. The summed E-state index contributed by atoms with van der Waals surface area (Å²) in [5, 5.41) is 18.1. The predicted octanol–water partition coefficient (Wildman–Crippen LogP) is -0.925. The lowest BCUT2D eigenvalue weighted by Crippen LogP contribution is -2.39. The average molecular weight is 148 g/mol. The molecule has 0 saturated carbocycles. The molecule has 0 aromatic carbocycles. The third-order valence-electron chi connectivity index (χ3n) is 0.710. The van der Waals surface area contributed by atoms with E-state index in [2.05, 4.69) is 4.99 Å². The summed E-state index contributed by atoms with van der Waals surface area (Å²) < 4.78 is 0. The minimum atomic E-state index is -0.810. The predicted molar refractivity (Wildman–Crippen MR) is 33.0 cm³/mol. The number of hydrogen-bond donors (Lipinski definition) is 2. The summed E-state index contributed by atoms with van der Waals surface area (Å²) in [5.41, 5.74) is 1.68. The highest BCUT2D eigenvalue weighted by Crippen LogP contribution is 1.75. The van der Waals surface area contributed by atoms with Crippen LogP contribution in [0.1, 0.15) is 0 Å². The van der Waals surface area contributed by atoms with Crippen LogP contribution in [0.3, 0.4) is 0 Å². The molecule has 0 aliphatic heterocycles. The van der Waals surface area contributed by atoms with E-state index in [9.17, 15) is 10.1 Å². The standard InChI is InChI=1S/C3H8N4O3/c1-4-3(6(2)8)5-7(9)10/h8H,1-2H3,(H,4,5).